The van der Waals surface area contributed by atoms with Crippen LogP contribution in [0.25, 0.3) is 16.2 Å². The number of nitrogens with one attached hydrogen (secondary N) is 2. The van der Waals surface area contributed by atoms with E-state index in [1.165, 1.54) is 12.1 Å². The van der Waals surface area contributed by atoms with E-state index in [0.29, 0.717) is 12.3 Å². The minimum atomic E-state index is -3.74. The van der Waals surface area contributed by atoms with Crippen LogP contribution in [0.5, 0.6) is 0 Å². The number of hydrogen-bond acceptors (Lipinski definition) is 6. The maximum atomic E-state index is 12.7. The van der Waals surface area contributed by atoms with Crippen molar-refractivity contribution in [2.24, 2.45) is 0 Å². The lowest BCUT2D eigenvalue weighted by atomic mass is 10.1. The molecule has 170 valence electrons. The molecule has 1 amide bonds. The number of imidazole rings is 1. The molecule has 2 aromatic heterocycles. The number of benzene rings is 2. The second-order valence-corrected chi connectivity index (χ2v) is 10.4. The third kappa shape index (κ3) is 4.83. The zero-order chi connectivity index (χ0) is 22.8. The first kappa shape index (κ1) is 21.8. The Morgan fingerprint density at radius 1 is 1.21 bits per heavy atom. The van der Waals surface area contributed by atoms with E-state index in [-0.39, 0.29) is 29.0 Å². The summed E-state index contributed by atoms with van der Waals surface area (Å²) < 4.78 is 35.3. The van der Waals surface area contributed by atoms with Crippen LogP contribution >= 0.6 is 11.3 Å². The lowest BCUT2D eigenvalue weighted by Gasteiger charge is -2.12. The fourth-order valence-corrected chi connectivity index (χ4v) is 5.50. The average Bonchev–Trinajstić information content (AvgIpc) is 3.56. The number of hydrogen-bond donors (Lipinski definition) is 2. The predicted octanol–water partition coefficient (Wildman–Crippen LogP) is 3.77. The Labute approximate surface area is 195 Å². The summed E-state index contributed by atoms with van der Waals surface area (Å²) in [7, 11) is -3.74. The lowest BCUT2D eigenvalue weighted by molar-refractivity contribution is 0.102. The van der Waals surface area contributed by atoms with E-state index in [9.17, 15) is 13.2 Å². The van der Waals surface area contributed by atoms with Gasteiger partial charge in [0.25, 0.3) is 5.91 Å². The van der Waals surface area contributed by atoms with Gasteiger partial charge in [-0.15, -0.1) is 11.3 Å². The topological polar surface area (TPSA) is 102 Å². The van der Waals surface area contributed by atoms with Gasteiger partial charge in [0.1, 0.15) is 0 Å². The number of anilines is 1. The molecular weight excluding hydrogens is 460 g/mol. The van der Waals surface area contributed by atoms with Crippen molar-refractivity contribution in [3.05, 3.63) is 71.9 Å². The van der Waals surface area contributed by atoms with Crippen molar-refractivity contribution in [3.8, 4) is 11.3 Å². The Morgan fingerprint density at radius 2 is 2.06 bits per heavy atom. The van der Waals surface area contributed by atoms with Crippen molar-refractivity contribution >= 4 is 37.9 Å². The molecule has 0 radical (unpaired) electrons. The molecule has 1 aliphatic heterocycles. The summed E-state index contributed by atoms with van der Waals surface area (Å²) in [6, 6.07) is 13.4. The van der Waals surface area contributed by atoms with Gasteiger partial charge < -0.3 is 10.1 Å². The average molecular weight is 483 g/mol. The first-order valence-electron chi connectivity index (χ1n) is 10.5. The summed E-state index contributed by atoms with van der Waals surface area (Å²) in [6.45, 7) is 0.879. The van der Waals surface area contributed by atoms with Crippen molar-refractivity contribution in [1.29, 1.82) is 0 Å². The fraction of sp³-hybridized carbons (Fsp3) is 0.217. The summed E-state index contributed by atoms with van der Waals surface area (Å²) in [5, 5.41) is 4.79. The van der Waals surface area contributed by atoms with Crippen molar-refractivity contribution in [2.45, 2.75) is 23.8 Å². The van der Waals surface area contributed by atoms with Gasteiger partial charge in [0.05, 0.1) is 16.7 Å². The van der Waals surface area contributed by atoms with Gasteiger partial charge >= 0.3 is 0 Å². The van der Waals surface area contributed by atoms with E-state index in [1.54, 1.807) is 35.6 Å². The van der Waals surface area contributed by atoms with E-state index in [1.807, 2.05) is 34.3 Å². The molecule has 1 atom stereocenters. The number of thiazole rings is 1. The van der Waals surface area contributed by atoms with Crippen molar-refractivity contribution < 1.29 is 17.9 Å². The van der Waals surface area contributed by atoms with Crippen molar-refractivity contribution in [1.82, 2.24) is 14.1 Å². The minimum absolute atomic E-state index is 0.0447. The third-order valence-electron chi connectivity index (χ3n) is 5.46. The van der Waals surface area contributed by atoms with Crippen LogP contribution < -0.4 is 10.0 Å². The monoisotopic (exact) mass is 482 g/mol. The van der Waals surface area contributed by atoms with Crippen molar-refractivity contribution in [2.75, 3.05) is 18.5 Å². The predicted molar refractivity (Wildman–Crippen MR) is 127 cm³/mol. The van der Waals surface area contributed by atoms with Crippen LogP contribution in [0.15, 0.2) is 71.2 Å². The Hall–Kier alpha value is -3.05. The van der Waals surface area contributed by atoms with Crippen LogP contribution in [0.3, 0.4) is 0 Å². The minimum Gasteiger partial charge on any atom is -0.377 e. The second kappa shape index (κ2) is 9.06. The van der Waals surface area contributed by atoms with Gasteiger partial charge in [0.2, 0.25) is 10.0 Å². The van der Waals surface area contributed by atoms with Gasteiger partial charge in [-0.25, -0.2) is 18.1 Å². The molecule has 33 heavy (non-hydrogen) atoms. The highest BCUT2D eigenvalue weighted by Crippen LogP contribution is 2.23. The highest BCUT2D eigenvalue weighted by molar-refractivity contribution is 7.89. The van der Waals surface area contributed by atoms with Crippen LogP contribution in [0.1, 0.15) is 23.2 Å². The van der Waals surface area contributed by atoms with Crippen LogP contribution in [-0.2, 0) is 14.8 Å². The molecule has 3 heterocycles. The molecule has 8 nitrogen and oxygen atoms in total. The first-order chi connectivity index (χ1) is 16.0. The lowest BCUT2D eigenvalue weighted by Crippen LogP contribution is -2.32. The Balaban J connectivity index is 1.26. The molecule has 4 aromatic rings. The Bertz CT molecular complexity index is 1360. The number of carbonyl (C=O) groups excluding carboxylic acids is 1. The van der Waals surface area contributed by atoms with E-state index in [2.05, 4.69) is 15.0 Å². The SMILES string of the molecule is O=C(Nc1ccc(-c2cn3ccsc3n2)cc1)c1cccc(S(=O)(=O)NC[C@@H]2CCCO2)c1. The van der Waals surface area contributed by atoms with Crippen LogP contribution in [0, 0.1) is 0 Å². The van der Waals surface area contributed by atoms with Gasteiger partial charge in [0.15, 0.2) is 4.96 Å². The van der Waals surface area contributed by atoms with Crippen molar-refractivity contribution in [3.63, 3.8) is 0 Å². The molecular formula is C23H22N4O4S2. The largest absolute Gasteiger partial charge is 0.377 e. The highest BCUT2D eigenvalue weighted by Gasteiger charge is 2.21. The van der Waals surface area contributed by atoms with Crippen LogP contribution in [-0.4, -0.2) is 43.0 Å². The number of fused-ring (bicyclic) bond motifs is 1. The summed E-state index contributed by atoms with van der Waals surface area (Å²) in [6.07, 6.45) is 5.58. The molecule has 0 unspecified atom stereocenters. The Kier molecular flexibility index (Phi) is 5.98. The van der Waals surface area contributed by atoms with Gasteiger partial charge in [-0.05, 0) is 43.2 Å². The zero-order valence-corrected chi connectivity index (χ0v) is 19.2. The van der Waals surface area contributed by atoms with E-state index >= 15 is 0 Å². The molecule has 0 aliphatic carbocycles. The number of carbonyl (C=O) groups is 1. The fourth-order valence-electron chi connectivity index (χ4n) is 3.69. The van der Waals surface area contributed by atoms with Gasteiger partial charge in [-0.2, -0.15) is 0 Å². The highest BCUT2D eigenvalue weighted by atomic mass is 32.2. The molecule has 0 saturated carbocycles. The smallest absolute Gasteiger partial charge is 0.255 e. The zero-order valence-electron chi connectivity index (χ0n) is 17.6. The maximum absolute atomic E-state index is 12.7. The normalized spacial score (nSPS) is 16.3. The molecule has 5 rings (SSSR count). The number of aromatic nitrogens is 2. The quantitative estimate of drug-likeness (QED) is 0.418. The van der Waals surface area contributed by atoms with Crippen LogP contribution in [0.2, 0.25) is 0 Å². The first-order valence-corrected chi connectivity index (χ1v) is 12.9. The number of ether oxygens (including phenoxy) is 1. The molecule has 2 N–H and O–H groups in total. The number of amides is 1. The molecule has 0 bridgehead atoms. The Morgan fingerprint density at radius 3 is 2.82 bits per heavy atom. The number of rotatable bonds is 7. The second-order valence-electron chi connectivity index (χ2n) is 7.77. The van der Waals surface area contributed by atoms with Gasteiger partial charge in [-0.1, -0.05) is 18.2 Å². The molecule has 10 heteroatoms. The number of sulfonamides is 1. The summed E-state index contributed by atoms with van der Waals surface area (Å²) in [5.74, 6) is -0.388. The number of nitrogens with zero attached hydrogens (tertiary/aromatic N) is 2. The van der Waals surface area contributed by atoms with E-state index in [4.69, 9.17) is 4.74 Å². The molecule has 1 fully saturated rings. The summed E-state index contributed by atoms with van der Waals surface area (Å²) >= 11 is 1.57. The standard InChI is InChI=1S/C23H22N4O4S2/c28-22(17-3-1-5-20(13-17)33(29,30)24-14-19-4-2-11-31-19)25-18-8-6-16(7-9-18)21-15-27-10-12-32-23(27)26-21/h1,3,5-10,12-13,15,19,24H,2,4,11,14H2,(H,25,28)/t19-/m0/s1. The van der Waals surface area contributed by atoms with E-state index < -0.39 is 10.0 Å². The molecule has 1 aliphatic rings. The molecule has 2 aromatic carbocycles. The molecule has 0 spiro atoms. The van der Waals surface area contributed by atoms with Gasteiger partial charge in [0, 0.05) is 47.7 Å². The summed E-state index contributed by atoms with van der Waals surface area (Å²) in [5.41, 5.74) is 2.66. The van der Waals surface area contributed by atoms with Gasteiger partial charge in [-0.3, -0.25) is 9.20 Å². The molecule has 1 saturated heterocycles. The summed E-state index contributed by atoms with van der Waals surface area (Å²) in [4.78, 5) is 18.3. The van der Waals surface area contributed by atoms with E-state index in [0.717, 1.165) is 29.1 Å². The third-order valence-corrected chi connectivity index (χ3v) is 7.66. The maximum Gasteiger partial charge on any atom is 0.255 e. The van der Waals surface area contributed by atoms with Crippen LogP contribution in [0.4, 0.5) is 5.69 Å².